The molecule has 0 aliphatic rings. The molecule has 2 aromatic heterocycles. The minimum atomic E-state index is -0.594. The lowest BCUT2D eigenvalue weighted by atomic mass is 10.1. The highest BCUT2D eigenvalue weighted by molar-refractivity contribution is 5.94. The summed E-state index contributed by atoms with van der Waals surface area (Å²) in [6.45, 7) is 3.71. The number of hydrogen-bond donors (Lipinski definition) is 3. The van der Waals surface area contributed by atoms with Crippen LogP contribution in [0.1, 0.15) is 41.5 Å². The number of benzene rings is 1. The molecule has 12 heteroatoms. The lowest BCUT2D eigenvalue weighted by Crippen LogP contribution is -2.21. The molecule has 3 aromatic rings. The van der Waals surface area contributed by atoms with E-state index < -0.39 is 5.91 Å². The number of ether oxygens (including phenoxy) is 1. The molecule has 28 heavy (non-hydrogen) atoms. The monoisotopic (exact) mass is 386 g/mol. The quantitative estimate of drug-likeness (QED) is 0.410. The van der Waals surface area contributed by atoms with E-state index in [4.69, 9.17) is 10.5 Å². The van der Waals surface area contributed by atoms with Crippen LogP contribution in [0.3, 0.4) is 0 Å². The molecule has 0 bridgehead atoms. The summed E-state index contributed by atoms with van der Waals surface area (Å²) in [4.78, 5) is 12.5. The van der Waals surface area contributed by atoms with Crippen LogP contribution < -0.4 is 15.9 Å². The summed E-state index contributed by atoms with van der Waals surface area (Å²) in [5.41, 5.74) is 8.92. The number of phenolic OH excluding ortho intramolecular Hbond substituents is 1. The van der Waals surface area contributed by atoms with Crippen molar-refractivity contribution >= 4 is 17.9 Å². The topological polar surface area (TPSA) is 167 Å². The molecule has 0 aliphatic heterocycles. The predicted molar refractivity (Wildman–Crippen MR) is 97.4 cm³/mol. The zero-order valence-electron chi connectivity index (χ0n) is 15.3. The summed E-state index contributed by atoms with van der Waals surface area (Å²) >= 11 is 0. The zero-order chi connectivity index (χ0) is 20.3. The second kappa shape index (κ2) is 7.73. The van der Waals surface area contributed by atoms with Crippen molar-refractivity contribution in [3.05, 3.63) is 35.2 Å². The van der Waals surface area contributed by atoms with E-state index in [9.17, 15) is 9.90 Å². The van der Waals surface area contributed by atoms with E-state index >= 15 is 0 Å². The number of phenols is 1. The molecule has 1 aromatic carbocycles. The van der Waals surface area contributed by atoms with Crippen molar-refractivity contribution in [2.75, 3.05) is 12.8 Å². The van der Waals surface area contributed by atoms with Gasteiger partial charge in [0.25, 0.3) is 5.91 Å². The van der Waals surface area contributed by atoms with Crippen molar-refractivity contribution in [3.63, 3.8) is 0 Å². The molecule has 12 nitrogen and oxygen atoms in total. The maximum Gasteiger partial charge on any atom is 0.293 e. The van der Waals surface area contributed by atoms with Gasteiger partial charge in [0.15, 0.2) is 17.2 Å². The first kappa shape index (κ1) is 18.8. The average molecular weight is 386 g/mol. The van der Waals surface area contributed by atoms with Gasteiger partial charge in [-0.1, -0.05) is 25.1 Å². The SMILES string of the molecule is COc1cccc(C=NNC(=O)c2nnn(-c3nonc3N)c2C(C)C)c1O. The molecular weight excluding hydrogens is 368 g/mol. The summed E-state index contributed by atoms with van der Waals surface area (Å²) in [6.07, 6.45) is 1.29. The van der Waals surface area contributed by atoms with Crippen molar-refractivity contribution in [1.82, 2.24) is 30.7 Å². The van der Waals surface area contributed by atoms with Gasteiger partial charge in [-0.2, -0.15) is 9.78 Å². The molecule has 146 valence electrons. The number of amides is 1. The number of nitrogens with two attached hydrogens (primary N) is 1. The molecule has 0 radical (unpaired) electrons. The van der Waals surface area contributed by atoms with Crippen molar-refractivity contribution in [3.8, 4) is 17.3 Å². The first-order chi connectivity index (χ1) is 13.4. The van der Waals surface area contributed by atoms with Crippen LogP contribution in [0, 0.1) is 0 Å². The van der Waals surface area contributed by atoms with Crippen molar-refractivity contribution < 1.29 is 19.3 Å². The first-order valence-electron chi connectivity index (χ1n) is 8.17. The molecule has 0 saturated heterocycles. The van der Waals surface area contributed by atoms with Gasteiger partial charge in [-0.05, 0) is 28.4 Å². The minimum Gasteiger partial charge on any atom is -0.504 e. The van der Waals surface area contributed by atoms with Gasteiger partial charge in [0.1, 0.15) is 0 Å². The number of hydrogen-bond acceptors (Lipinski definition) is 10. The molecule has 0 fully saturated rings. The van der Waals surface area contributed by atoms with Crippen LogP contribution in [-0.2, 0) is 0 Å². The van der Waals surface area contributed by atoms with Gasteiger partial charge >= 0.3 is 0 Å². The number of aromatic nitrogens is 5. The number of nitrogens with zero attached hydrogens (tertiary/aromatic N) is 6. The smallest absolute Gasteiger partial charge is 0.293 e. The number of carbonyl (C=O) groups excluding carboxylic acids is 1. The average Bonchev–Trinajstić information content (AvgIpc) is 3.28. The van der Waals surface area contributed by atoms with Crippen LogP contribution in [0.4, 0.5) is 5.82 Å². The summed E-state index contributed by atoms with van der Waals surface area (Å²) < 4.78 is 10.9. The van der Waals surface area contributed by atoms with Gasteiger partial charge in [0.05, 0.1) is 19.0 Å². The molecule has 0 spiro atoms. The molecular formula is C16H18N8O4. The first-order valence-corrected chi connectivity index (χ1v) is 8.17. The Labute approximate surface area is 158 Å². The number of para-hydroxylation sites is 1. The lowest BCUT2D eigenvalue weighted by molar-refractivity contribution is 0.0948. The third-order valence-electron chi connectivity index (χ3n) is 3.78. The maximum atomic E-state index is 12.5. The normalized spacial score (nSPS) is 11.3. The standard InChI is InChI=1S/C16H18N8O4/c1-8(2)12-11(19-23-24(12)15-14(17)21-28-22-15)16(26)20-18-7-9-5-4-6-10(27-3)13(9)25/h4-8,25H,1-3H3,(H2,17,21)(H,20,26). The fraction of sp³-hybridized carbons (Fsp3) is 0.250. The van der Waals surface area contributed by atoms with Gasteiger partial charge in [0, 0.05) is 5.56 Å². The van der Waals surface area contributed by atoms with Gasteiger partial charge < -0.3 is 15.6 Å². The molecule has 2 heterocycles. The van der Waals surface area contributed by atoms with Crippen LogP contribution in [0.5, 0.6) is 11.5 Å². The zero-order valence-corrected chi connectivity index (χ0v) is 15.3. The largest absolute Gasteiger partial charge is 0.504 e. The second-order valence-corrected chi connectivity index (χ2v) is 5.96. The van der Waals surface area contributed by atoms with E-state index in [1.165, 1.54) is 18.0 Å². The number of rotatable bonds is 6. The highest BCUT2D eigenvalue weighted by atomic mass is 16.6. The third-order valence-corrected chi connectivity index (χ3v) is 3.78. The highest BCUT2D eigenvalue weighted by Crippen LogP contribution is 2.28. The Balaban J connectivity index is 1.84. The van der Waals surface area contributed by atoms with Crippen LogP contribution in [-0.4, -0.2) is 49.6 Å². The Morgan fingerprint density at radius 1 is 1.43 bits per heavy atom. The number of carbonyl (C=O) groups is 1. The minimum absolute atomic E-state index is 0.0188. The Kier molecular flexibility index (Phi) is 5.20. The van der Waals surface area contributed by atoms with Crippen molar-refractivity contribution in [1.29, 1.82) is 0 Å². The van der Waals surface area contributed by atoms with Crippen molar-refractivity contribution in [2.24, 2.45) is 5.10 Å². The molecule has 0 saturated carbocycles. The van der Waals surface area contributed by atoms with E-state index in [1.807, 2.05) is 13.8 Å². The van der Waals surface area contributed by atoms with E-state index in [2.05, 4.69) is 35.8 Å². The summed E-state index contributed by atoms with van der Waals surface area (Å²) in [7, 11) is 1.44. The van der Waals surface area contributed by atoms with Crippen molar-refractivity contribution in [2.45, 2.75) is 19.8 Å². The highest BCUT2D eigenvalue weighted by Gasteiger charge is 2.25. The molecule has 1 amide bonds. The lowest BCUT2D eigenvalue weighted by Gasteiger charge is -2.08. The van der Waals surface area contributed by atoms with E-state index in [0.717, 1.165) is 0 Å². The number of methoxy groups -OCH3 is 1. The van der Waals surface area contributed by atoms with E-state index in [-0.39, 0.29) is 29.0 Å². The summed E-state index contributed by atoms with van der Waals surface area (Å²) in [6, 6.07) is 4.90. The van der Waals surface area contributed by atoms with Gasteiger partial charge in [0.2, 0.25) is 11.6 Å². The van der Waals surface area contributed by atoms with E-state index in [1.54, 1.807) is 18.2 Å². The number of nitrogens with one attached hydrogen (secondary N) is 1. The molecule has 0 aliphatic carbocycles. The van der Waals surface area contributed by atoms with Crippen LogP contribution >= 0.6 is 0 Å². The molecule has 0 unspecified atom stereocenters. The Morgan fingerprint density at radius 3 is 2.86 bits per heavy atom. The van der Waals surface area contributed by atoms with Crippen LogP contribution in [0.25, 0.3) is 5.82 Å². The molecule has 3 rings (SSSR count). The van der Waals surface area contributed by atoms with Crippen LogP contribution in [0.2, 0.25) is 0 Å². The second-order valence-electron chi connectivity index (χ2n) is 5.96. The van der Waals surface area contributed by atoms with Gasteiger partial charge in [-0.3, -0.25) is 4.79 Å². The number of aromatic hydroxyl groups is 1. The number of nitrogen functional groups attached to an aromatic ring is 1. The maximum absolute atomic E-state index is 12.5. The number of anilines is 1. The summed E-state index contributed by atoms with van der Waals surface area (Å²) in [5, 5.41) is 28.9. The molecule has 4 N–H and O–H groups in total. The Morgan fingerprint density at radius 2 is 2.21 bits per heavy atom. The van der Waals surface area contributed by atoms with E-state index in [0.29, 0.717) is 17.0 Å². The number of hydrazone groups is 1. The Bertz CT molecular complexity index is 1020. The third kappa shape index (κ3) is 3.47. The van der Waals surface area contributed by atoms with Crippen LogP contribution in [0.15, 0.2) is 27.9 Å². The fourth-order valence-electron chi connectivity index (χ4n) is 2.48. The molecule has 0 atom stereocenters. The van der Waals surface area contributed by atoms with Gasteiger partial charge in [-0.25, -0.2) is 10.1 Å². The Hall–Kier alpha value is -3.96. The summed E-state index contributed by atoms with van der Waals surface area (Å²) in [5.74, 6) is -0.378. The predicted octanol–water partition coefficient (Wildman–Crippen LogP) is 0.834. The van der Waals surface area contributed by atoms with Gasteiger partial charge in [-0.15, -0.1) is 5.10 Å². The fourth-order valence-corrected chi connectivity index (χ4v) is 2.48.